The second-order valence-corrected chi connectivity index (χ2v) is 5.92. The second kappa shape index (κ2) is 7.03. The predicted molar refractivity (Wildman–Crippen MR) is 91.7 cm³/mol. The number of nitrogens with zero attached hydrogens (tertiary/aromatic N) is 2. The molecule has 0 aliphatic carbocycles. The van der Waals surface area contributed by atoms with Crippen LogP contribution >= 0.6 is 0 Å². The van der Waals surface area contributed by atoms with Crippen LogP contribution in [0.1, 0.15) is 17.0 Å². The number of halogens is 3. The van der Waals surface area contributed by atoms with Gasteiger partial charge in [0.05, 0.1) is 17.8 Å². The molecule has 134 valence electrons. The fraction of sp³-hybridized carbons (Fsp3) is 0.158. The number of benzene rings is 2. The zero-order chi connectivity index (χ0) is 18.8. The Morgan fingerprint density at radius 2 is 1.62 bits per heavy atom. The van der Waals surface area contributed by atoms with Gasteiger partial charge in [0.1, 0.15) is 17.5 Å². The molecule has 1 N–H and O–H groups in total. The van der Waals surface area contributed by atoms with Crippen LogP contribution in [0.2, 0.25) is 0 Å². The fourth-order valence-electron chi connectivity index (χ4n) is 2.76. The largest absolute Gasteiger partial charge is 0.326 e. The van der Waals surface area contributed by atoms with Gasteiger partial charge in [0.25, 0.3) is 0 Å². The van der Waals surface area contributed by atoms with Crippen molar-refractivity contribution < 1.29 is 18.0 Å². The standard InChI is InChI=1S/C19H16F3N3O/c1-11-18(10-19(26)23-16-8-14(21)7-15(22)9-16)12(2)25(24-11)17-5-3-13(20)4-6-17/h3-9H,10H2,1-2H3,(H,23,26). The Labute approximate surface area is 148 Å². The van der Waals surface area contributed by atoms with Crippen molar-refractivity contribution in [2.45, 2.75) is 20.3 Å². The molecule has 0 aliphatic rings. The average Bonchev–Trinajstić information content (AvgIpc) is 2.83. The zero-order valence-electron chi connectivity index (χ0n) is 14.2. The minimum atomic E-state index is -0.767. The minimum Gasteiger partial charge on any atom is -0.326 e. The molecule has 2 aromatic carbocycles. The summed E-state index contributed by atoms with van der Waals surface area (Å²) in [5.41, 5.74) is 2.80. The molecule has 1 heterocycles. The molecule has 0 aliphatic heterocycles. The molecule has 0 radical (unpaired) electrons. The molecular weight excluding hydrogens is 343 g/mol. The van der Waals surface area contributed by atoms with Crippen molar-refractivity contribution in [3.63, 3.8) is 0 Å². The number of rotatable bonds is 4. The number of anilines is 1. The van der Waals surface area contributed by atoms with Gasteiger partial charge in [-0.1, -0.05) is 0 Å². The first kappa shape index (κ1) is 17.7. The van der Waals surface area contributed by atoms with E-state index >= 15 is 0 Å². The van der Waals surface area contributed by atoms with Crippen molar-refractivity contribution in [1.29, 1.82) is 0 Å². The average molecular weight is 359 g/mol. The minimum absolute atomic E-state index is 0.00298. The van der Waals surface area contributed by atoms with Crippen LogP contribution in [-0.2, 0) is 11.2 Å². The summed E-state index contributed by atoms with van der Waals surface area (Å²) in [5, 5.41) is 6.87. The molecule has 3 aromatic rings. The van der Waals surface area contributed by atoms with Crippen LogP contribution in [0.3, 0.4) is 0 Å². The number of hydrogen-bond acceptors (Lipinski definition) is 2. The first-order valence-corrected chi connectivity index (χ1v) is 7.90. The van der Waals surface area contributed by atoms with Crippen molar-refractivity contribution in [2.24, 2.45) is 0 Å². The van der Waals surface area contributed by atoms with Gasteiger partial charge in [-0.15, -0.1) is 0 Å². The van der Waals surface area contributed by atoms with Gasteiger partial charge >= 0.3 is 0 Å². The summed E-state index contributed by atoms with van der Waals surface area (Å²) in [4.78, 5) is 12.3. The van der Waals surface area contributed by atoms with Crippen LogP contribution < -0.4 is 5.32 Å². The van der Waals surface area contributed by atoms with E-state index in [2.05, 4.69) is 10.4 Å². The molecule has 1 aromatic heterocycles. The van der Waals surface area contributed by atoms with Gasteiger partial charge < -0.3 is 5.32 Å². The highest BCUT2D eigenvalue weighted by molar-refractivity contribution is 5.92. The van der Waals surface area contributed by atoms with Crippen molar-refractivity contribution >= 4 is 11.6 Å². The molecule has 26 heavy (non-hydrogen) atoms. The Balaban J connectivity index is 1.81. The van der Waals surface area contributed by atoms with Gasteiger partial charge in [0.15, 0.2) is 0 Å². The first-order valence-electron chi connectivity index (χ1n) is 7.90. The van der Waals surface area contributed by atoms with Crippen LogP contribution in [0, 0.1) is 31.3 Å². The molecule has 7 heteroatoms. The van der Waals surface area contributed by atoms with E-state index in [1.807, 2.05) is 0 Å². The lowest BCUT2D eigenvalue weighted by Crippen LogP contribution is -2.15. The SMILES string of the molecule is Cc1nn(-c2ccc(F)cc2)c(C)c1CC(=O)Nc1cc(F)cc(F)c1. The van der Waals surface area contributed by atoms with Crippen LogP contribution in [0.15, 0.2) is 42.5 Å². The Morgan fingerprint density at radius 1 is 1.00 bits per heavy atom. The van der Waals surface area contributed by atoms with E-state index in [1.165, 1.54) is 12.1 Å². The smallest absolute Gasteiger partial charge is 0.228 e. The molecule has 0 unspecified atom stereocenters. The summed E-state index contributed by atoms with van der Waals surface area (Å²) in [6, 6.07) is 8.66. The van der Waals surface area contributed by atoms with Gasteiger partial charge in [0.2, 0.25) is 5.91 Å². The number of aryl methyl sites for hydroxylation is 1. The summed E-state index contributed by atoms with van der Waals surface area (Å²) in [6.45, 7) is 3.56. The third-order valence-electron chi connectivity index (χ3n) is 4.00. The Hall–Kier alpha value is -3.09. The normalized spacial score (nSPS) is 10.8. The molecule has 0 saturated carbocycles. The molecule has 0 atom stereocenters. The van der Waals surface area contributed by atoms with Gasteiger partial charge in [-0.05, 0) is 50.2 Å². The van der Waals surface area contributed by atoms with Crippen molar-refractivity contribution in [1.82, 2.24) is 9.78 Å². The Bertz CT molecular complexity index is 945. The van der Waals surface area contributed by atoms with Crippen LogP contribution in [-0.4, -0.2) is 15.7 Å². The maximum absolute atomic E-state index is 13.2. The van der Waals surface area contributed by atoms with E-state index in [9.17, 15) is 18.0 Å². The van der Waals surface area contributed by atoms with E-state index in [4.69, 9.17) is 0 Å². The second-order valence-electron chi connectivity index (χ2n) is 5.92. The topological polar surface area (TPSA) is 46.9 Å². The number of carbonyl (C=O) groups excluding carboxylic acids is 1. The Morgan fingerprint density at radius 3 is 2.23 bits per heavy atom. The number of hydrogen-bond donors (Lipinski definition) is 1. The van der Waals surface area contributed by atoms with Gasteiger partial charge in [0, 0.05) is 23.0 Å². The van der Waals surface area contributed by atoms with E-state index in [1.54, 1.807) is 30.7 Å². The van der Waals surface area contributed by atoms with Crippen LogP contribution in [0.4, 0.5) is 18.9 Å². The molecule has 4 nitrogen and oxygen atoms in total. The highest BCUT2D eigenvalue weighted by Crippen LogP contribution is 2.20. The maximum Gasteiger partial charge on any atom is 0.228 e. The number of carbonyl (C=O) groups is 1. The van der Waals surface area contributed by atoms with Gasteiger partial charge in [-0.3, -0.25) is 4.79 Å². The van der Waals surface area contributed by atoms with Crippen molar-refractivity contribution in [3.05, 3.63) is 76.9 Å². The summed E-state index contributed by atoms with van der Waals surface area (Å²) in [6.07, 6.45) is -0.00298. The number of nitrogens with one attached hydrogen (secondary N) is 1. The van der Waals surface area contributed by atoms with E-state index in [0.29, 0.717) is 16.9 Å². The lowest BCUT2D eigenvalue weighted by atomic mass is 10.1. The monoisotopic (exact) mass is 359 g/mol. The van der Waals surface area contributed by atoms with Crippen LogP contribution in [0.5, 0.6) is 0 Å². The van der Waals surface area contributed by atoms with Crippen molar-refractivity contribution in [3.8, 4) is 5.69 Å². The molecule has 0 saturated heterocycles. The molecule has 0 fully saturated rings. The van der Waals surface area contributed by atoms with E-state index in [0.717, 1.165) is 23.9 Å². The molecule has 0 bridgehead atoms. The predicted octanol–water partition coefficient (Wildman–Crippen LogP) is 4.09. The quantitative estimate of drug-likeness (QED) is 0.763. The van der Waals surface area contributed by atoms with Gasteiger partial charge in [-0.25, -0.2) is 17.9 Å². The van der Waals surface area contributed by atoms with E-state index < -0.39 is 17.5 Å². The van der Waals surface area contributed by atoms with E-state index in [-0.39, 0.29) is 17.9 Å². The van der Waals surface area contributed by atoms with Crippen LogP contribution in [0.25, 0.3) is 5.69 Å². The lowest BCUT2D eigenvalue weighted by Gasteiger charge is -2.07. The third-order valence-corrected chi connectivity index (χ3v) is 4.00. The summed E-state index contributed by atoms with van der Waals surface area (Å²) >= 11 is 0. The summed E-state index contributed by atoms with van der Waals surface area (Å²) in [5.74, 6) is -2.30. The number of amides is 1. The fourth-order valence-corrected chi connectivity index (χ4v) is 2.76. The molecule has 0 spiro atoms. The lowest BCUT2D eigenvalue weighted by molar-refractivity contribution is -0.115. The highest BCUT2D eigenvalue weighted by atomic mass is 19.1. The highest BCUT2D eigenvalue weighted by Gasteiger charge is 2.16. The molecule has 3 rings (SSSR count). The summed E-state index contributed by atoms with van der Waals surface area (Å²) in [7, 11) is 0. The summed E-state index contributed by atoms with van der Waals surface area (Å²) < 4.78 is 41.2. The van der Waals surface area contributed by atoms with Gasteiger partial charge in [-0.2, -0.15) is 5.10 Å². The maximum atomic E-state index is 13.2. The first-order chi connectivity index (χ1) is 12.3. The molecular formula is C19H16F3N3O. The zero-order valence-corrected chi connectivity index (χ0v) is 14.2. The third kappa shape index (κ3) is 3.77. The number of aromatic nitrogens is 2. The molecule has 1 amide bonds. The Kier molecular flexibility index (Phi) is 4.79. The van der Waals surface area contributed by atoms with Crippen molar-refractivity contribution in [2.75, 3.05) is 5.32 Å².